The Kier molecular flexibility index (Phi) is 2.90. The standard InChI is InChI=1S/C7H13NS.ClH/c1-3-9-4-2-7(1)5-8-6-7;/h8H,1-6H2;1H. The summed E-state index contributed by atoms with van der Waals surface area (Å²) in [6.07, 6.45) is 2.93. The van der Waals surface area contributed by atoms with Crippen LogP contribution in [0.25, 0.3) is 0 Å². The molecule has 0 amide bonds. The van der Waals surface area contributed by atoms with Gasteiger partial charge in [0.2, 0.25) is 0 Å². The Bertz CT molecular complexity index is 106. The first-order chi connectivity index (χ1) is 4.41. The number of nitrogens with one attached hydrogen (secondary N) is 1. The zero-order valence-corrected chi connectivity index (χ0v) is 7.69. The first-order valence-corrected chi connectivity index (χ1v) is 4.85. The molecule has 2 heterocycles. The van der Waals surface area contributed by atoms with Crippen LogP contribution in [0.3, 0.4) is 0 Å². The van der Waals surface area contributed by atoms with Gasteiger partial charge in [0.05, 0.1) is 0 Å². The van der Waals surface area contributed by atoms with Crippen molar-refractivity contribution in [2.75, 3.05) is 24.6 Å². The Hall–Kier alpha value is 0.600. The van der Waals surface area contributed by atoms with Gasteiger partial charge in [-0.15, -0.1) is 12.4 Å². The molecule has 0 aliphatic carbocycles. The number of thioether (sulfide) groups is 1. The second-order valence-electron chi connectivity index (χ2n) is 3.22. The number of hydrogen-bond donors (Lipinski definition) is 1. The van der Waals surface area contributed by atoms with Crippen LogP contribution in [0, 0.1) is 5.41 Å². The summed E-state index contributed by atoms with van der Waals surface area (Å²) in [4.78, 5) is 0. The molecule has 0 bridgehead atoms. The first kappa shape index (κ1) is 8.69. The molecule has 0 atom stereocenters. The molecule has 0 aromatic rings. The number of hydrogen-bond acceptors (Lipinski definition) is 2. The van der Waals surface area contributed by atoms with Gasteiger partial charge in [-0.05, 0) is 29.8 Å². The van der Waals surface area contributed by atoms with E-state index in [1.807, 2.05) is 0 Å². The fraction of sp³-hybridized carbons (Fsp3) is 1.00. The van der Waals surface area contributed by atoms with Crippen molar-refractivity contribution < 1.29 is 0 Å². The highest BCUT2D eigenvalue weighted by molar-refractivity contribution is 7.99. The van der Waals surface area contributed by atoms with E-state index in [4.69, 9.17) is 0 Å². The van der Waals surface area contributed by atoms with Gasteiger partial charge in [-0.25, -0.2) is 0 Å². The summed E-state index contributed by atoms with van der Waals surface area (Å²) in [6, 6.07) is 0. The van der Waals surface area contributed by atoms with E-state index in [0.29, 0.717) is 0 Å². The van der Waals surface area contributed by atoms with E-state index in [-0.39, 0.29) is 12.4 Å². The van der Waals surface area contributed by atoms with Gasteiger partial charge in [0.15, 0.2) is 0 Å². The minimum absolute atomic E-state index is 0. The van der Waals surface area contributed by atoms with Gasteiger partial charge in [0, 0.05) is 13.1 Å². The molecular weight excluding hydrogens is 166 g/mol. The third kappa shape index (κ3) is 1.44. The van der Waals surface area contributed by atoms with E-state index in [2.05, 4.69) is 17.1 Å². The summed E-state index contributed by atoms with van der Waals surface area (Å²) < 4.78 is 0. The summed E-state index contributed by atoms with van der Waals surface area (Å²) in [7, 11) is 0. The highest BCUT2D eigenvalue weighted by Gasteiger charge is 2.37. The van der Waals surface area contributed by atoms with Gasteiger partial charge in [-0.3, -0.25) is 0 Å². The van der Waals surface area contributed by atoms with E-state index < -0.39 is 0 Å². The van der Waals surface area contributed by atoms with Crippen molar-refractivity contribution in [3.8, 4) is 0 Å². The minimum Gasteiger partial charge on any atom is -0.316 e. The molecule has 0 saturated carbocycles. The zero-order chi connectivity index (χ0) is 6.16. The molecule has 2 aliphatic heterocycles. The lowest BCUT2D eigenvalue weighted by Gasteiger charge is -2.45. The second-order valence-corrected chi connectivity index (χ2v) is 4.44. The molecular formula is C7H14ClNS. The minimum atomic E-state index is 0. The summed E-state index contributed by atoms with van der Waals surface area (Å²) in [5, 5.41) is 3.36. The van der Waals surface area contributed by atoms with Crippen molar-refractivity contribution in [2.24, 2.45) is 5.41 Å². The van der Waals surface area contributed by atoms with Crippen LogP contribution in [0.1, 0.15) is 12.8 Å². The fourth-order valence-electron chi connectivity index (χ4n) is 1.64. The molecule has 0 aromatic carbocycles. The van der Waals surface area contributed by atoms with Crippen LogP contribution >= 0.6 is 24.2 Å². The molecule has 0 unspecified atom stereocenters. The van der Waals surface area contributed by atoms with Crippen LogP contribution in [0.15, 0.2) is 0 Å². The van der Waals surface area contributed by atoms with Crippen molar-refractivity contribution in [2.45, 2.75) is 12.8 Å². The van der Waals surface area contributed by atoms with Gasteiger partial charge in [-0.2, -0.15) is 11.8 Å². The summed E-state index contributed by atoms with van der Waals surface area (Å²) >= 11 is 2.12. The lowest BCUT2D eigenvalue weighted by molar-refractivity contribution is 0.153. The molecule has 1 nitrogen and oxygen atoms in total. The van der Waals surface area contributed by atoms with Crippen LogP contribution in [0.4, 0.5) is 0 Å². The average Bonchev–Trinajstić information content (AvgIpc) is 1.87. The predicted molar refractivity (Wildman–Crippen MR) is 49.1 cm³/mol. The summed E-state index contributed by atoms with van der Waals surface area (Å²) in [5.74, 6) is 2.81. The second kappa shape index (κ2) is 3.33. The smallest absolute Gasteiger partial charge is 0.00208 e. The summed E-state index contributed by atoms with van der Waals surface area (Å²) in [5.41, 5.74) is 0.769. The van der Waals surface area contributed by atoms with E-state index in [0.717, 1.165) is 5.41 Å². The van der Waals surface area contributed by atoms with E-state index in [1.54, 1.807) is 0 Å². The SMILES string of the molecule is C1CC2(CCS1)CNC2.Cl. The van der Waals surface area contributed by atoms with Crippen molar-refractivity contribution in [3.63, 3.8) is 0 Å². The van der Waals surface area contributed by atoms with Crippen molar-refractivity contribution in [3.05, 3.63) is 0 Å². The van der Waals surface area contributed by atoms with E-state index in [1.165, 1.54) is 37.4 Å². The molecule has 2 rings (SSSR count). The van der Waals surface area contributed by atoms with Crippen LogP contribution in [-0.2, 0) is 0 Å². The molecule has 10 heavy (non-hydrogen) atoms. The highest BCUT2D eigenvalue weighted by Crippen LogP contribution is 2.37. The molecule has 60 valence electrons. The van der Waals surface area contributed by atoms with Gasteiger partial charge in [-0.1, -0.05) is 0 Å². The Morgan fingerprint density at radius 1 is 1.10 bits per heavy atom. The van der Waals surface area contributed by atoms with Crippen LogP contribution in [-0.4, -0.2) is 24.6 Å². The van der Waals surface area contributed by atoms with Gasteiger partial charge in [0.25, 0.3) is 0 Å². The largest absolute Gasteiger partial charge is 0.316 e. The molecule has 3 heteroatoms. The fourth-order valence-corrected chi connectivity index (χ4v) is 3.00. The lowest BCUT2D eigenvalue weighted by Crippen LogP contribution is -2.54. The lowest BCUT2D eigenvalue weighted by atomic mass is 9.77. The number of rotatable bonds is 0. The molecule has 2 saturated heterocycles. The molecule has 1 spiro atoms. The Morgan fingerprint density at radius 2 is 1.70 bits per heavy atom. The zero-order valence-electron chi connectivity index (χ0n) is 6.06. The Labute approximate surface area is 72.7 Å². The van der Waals surface area contributed by atoms with Crippen molar-refractivity contribution in [1.82, 2.24) is 5.32 Å². The third-order valence-electron chi connectivity index (χ3n) is 2.55. The predicted octanol–water partition coefficient (Wildman–Crippen LogP) is 1.52. The topological polar surface area (TPSA) is 12.0 Å². The normalized spacial score (nSPS) is 28.8. The molecule has 0 aromatic heterocycles. The first-order valence-electron chi connectivity index (χ1n) is 3.70. The Morgan fingerprint density at radius 3 is 2.00 bits per heavy atom. The number of halogens is 1. The van der Waals surface area contributed by atoms with E-state index >= 15 is 0 Å². The summed E-state index contributed by atoms with van der Waals surface area (Å²) in [6.45, 7) is 2.60. The van der Waals surface area contributed by atoms with E-state index in [9.17, 15) is 0 Å². The monoisotopic (exact) mass is 179 g/mol. The quantitative estimate of drug-likeness (QED) is 0.606. The van der Waals surface area contributed by atoms with Crippen LogP contribution in [0.5, 0.6) is 0 Å². The average molecular weight is 180 g/mol. The molecule has 0 radical (unpaired) electrons. The third-order valence-corrected chi connectivity index (χ3v) is 3.54. The van der Waals surface area contributed by atoms with Crippen molar-refractivity contribution in [1.29, 1.82) is 0 Å². The van der Waals surface area contributed by atoms with Crippen LogP contribution < -0.4 is 5.32 Å². The maximum Gasteiger partial charge on any atom is 0.00208 e. The molecule has 1 N–H and O–H groups in total. The Balaban J connectivity index is 0.000000500. The van der Waals surface area contributed by atoms with Gasteiger partial charge in [0.1, 0.15) is 0 Å². The molecule has 2 fully saturated rings. The highest BCUT2D eigenvalue weighted by atomic mass is 35.5. The maximum atomic E-state index is 3.36. The van der Waals surface area contributed by atoms with Crippen molar-refractivity contribution >= 4 is 24.2 Å². The van der Waals surface area contributed by atoms with Gasteiger partial charge >= 0.3 is 0 Å². The van der Waals surface area contributed by atoms with Crippen LogP contribution in [0.2, 0.25) is 0 Å². The van der Waals surface area contributed by atoms with Gasteiger partial charge < -0.3 is 5.32 Å². The molecule has 2 aliphatic rings. The maximum absolute atomic E-state index is 3.36.